The van der Waals surface area contributed by atoms with Crippen LogP contribution in [0, 0.1) is 6.92 Å². The van der Waals surface area contributed by atoms with Crippen molar-refractivity contribution in [1.82, 2.24) is 4.72 Å². The Morgan fingerprint density at radius 3 is 2.30 bits per heavy atom. The number of rotatable bonds is 5. The van der Waals surface area contributed by atoms with E-state index in [-0.39, 0.29) is 16.3 Å². The Morgan fingerprint density at radius 2 is 1.85 bits per heavy atom. The number of nitrogens with two attached hydrogens (primary N) is 1. The van der Waals surface area contributed by atoms with Gasteiger partial charge in [-0.1, -0.05) is 11.6 Å². The quantitative estimate of drug-likeness (QED) is 0.776. The smallest absolute Gasteiger partial charge is 0.240 e. The van der Waals surface area contributed by atoms with Crippen molar-refractivity contribution in [3.63, 3.8) is 0 Å². The highest BCUT2D eigenvalue weighted by Crippen LogP contribution is 2.26. The first kappa shape index (κ1) is 17.2. The minimum Gasteiger partial charge on any atom is -0.397 e. The van der Waals surface area contributed by atoms with Crippen molar-refractivity contribution in [2.45, 2.75) is 24.8 Å². The maximum Gasteiger partial charge on any atom is 0.240 e. The van der Waals surface area contributed by atoms with Crippen LogP contribution in [0.3, 0.4) is 0 Å². The molecule has 0 heterocycles. The molecule has 0 aliphatic rings. The molecule has 3 N–H and O–H groups in total. The number of nitrogen functional groups attached to an aromatic ring is 1. The van der Waals surface area contributed by atoms with E-state index >= 15 is 0 Å². The summed E-state index contributed by atoms with van der Waals surface area (Å²) in [6.45, 7) is 3.11. The van der Waals surface area contributed by atoms with Crippen LogP contribution in [0.5, 0.6) is 0 Å². The second-order valence-electron chi connectivity index (χ2n) is 4.76. The molecule has 114 valence electrons. The molecule has 1 aromatic rings. The number of benzene rings is 1. The van der Waals surface area contributed by atoms with Crippen LogP contribution < -0.4 is 10.5 Å². The first-order valence-electron chi connectivity index (χ1n) is 5.68. The zero-order valence-corrected chi connectivity index (χ0v) is 13.7. The summed E-state index contributed by atoms with van der Waals surface area (Å²) in [5.74, 6) is -0.283. The molecule has 0 radical (unpaired) electrons. The topological polar surface area (TPSA) is 106 Å². The molecule has 0 spiro atoms. The van der Waals surface area contributed by atoms with E-state index in [0.29, 0.717) is 10.6 Å². The molecule has 0 saturated carbocycles. The number of hydrogen-bond acceptors (Lipinski definition) is 5. The van der Waals surface area contributed by atoms with Crippen LogP contribution >= 0.6 is 11.6 Å². The van der Waals surface area contributed by atoms with E-state index in [2.05, 4.69) is 4.72 Å². The van der Waals surface area contributed by atoms with Crippen LogP contribution in [0.2, 0.25) is 5.02 Å². The monoisotopic (exact) mass is 340 g/mol. The number of nitrogens with one attached hydrogen (secondary N) is 1. The van der Waals surface area contributed by atoms with Crippen molar-refractivity contribution in [1.29, 1.82) is 0 Å². The van der Waals surface area contributed by atoms with Crippen molar-refractivity contribution < 1.29 is 16.8 Å². The van der Waals surface area contributed by atoms with Crippen LogP contribution in [-0.4, -0.2) is 34.9 Å². The fraction of sp³-hybridized carbons (Fsp3) is 0.455. The van der Waals surface area contributed by atoms with Crippen molar-refractivity contribution in [3.05, 3.63) is 22.7 Å². The molecule has 0 aliphatic carbocycles. The van der Waals surface area contributed by atoms with E-state index in [4.69, 9.17) is 17.3 Å². The number of anilines is 1. The minimum absolute atomic E-state index is 0.0442. The number of sulfone groups is 1. The van der Waals surface area contributed by atoms with Crippen LogP contribution in [0.1, 0.15) is 12.5 Å². The molecule has 0 saturated heterocycles. The second-order valence-corrected chi connectivity index (χ2v) is 9.03. The van der Waals surface area contributed by atoms with E-state index in [1.807, 2.05) is 0 Å². The van der Waals surface area contributed by atoms with Gasteiger partial charge < -0.3 is 5.73 Å². The van der Waals surface area contributed by atoms with Gasteiger partial charge in [0.05, 0.1) is 21.4 Å². The lowest BCUT2D eigenvalue weighted by atomic mass is 10.2. The summed E-state index contributed by atoms with van der Waals surface area (Å²) < 4.78 is 48.9. The maximum absolute atomic E-state index is 12.1. The SMILES string of the molecule is Cc1cc(S(=O)(=O)NC(C)CS(C)(=O)=O)cc(N)c1Cl. The molecule has 20 heavy (non-hydrogen) atoms. The van der Waals surface area contributed by atoms with E-state index < -0.39 is 25.9 Å². The summed E-state index contributed by atoms with van der Waals surface area (Å²) in [6.07, 6.45) is 1.04. The first-order valence-corrected chi connectivity index (χ1v) is 9.60. The Balaban J connectivity index is 3.06. The lowest BCUT2D eigenvalue weighted by Crippen LogP contribution is -2.37. The number of hydrogen-bond donors (Lipinski definition) is 2. The van der Waals surface area contributed by atoms with Crippen LogP contribution in [0.4, 0.5) is 5.69 Å². The third-order valence-electron chi connectivity index (χ3n) is 2.48. The summed E-state index contributed by atoms with van der Waals surface area (Å²) in [5.41, 5.74) is 6.32. The highest BCUT2D eigenvalue weighted by atomic mass is 35.5. The van der Waals surface area contributed by atoms with Gasteiger partial charge in [0.15, 0.2) is 0 Å². The highest BCUT2D eigenvalue weighted by molar-refractivity contribution is 7.91. The molecule has 1 aromatic carbocycles. The lowest BCUT2D eigenvalue weighted by molar-refractivity contribution is 0.564. The zero-order chi connectivity index (χ0) is 15.7. The fourth-order valence-electron chi connectivity index (χ4n) is 1.74. The average molecular weight is 341 g/mol. The second kappa shape index (κ2) is 5.88. The molecule has 1 unspecified atom stereocenters. The van der Waals surface area contributed by atoms with Crippen molar-refractivity contribution in [2.75, 3.05) is 17.7 Å². The zero-order valence-electron chi connectivity index (χ0n) is 11.3. The van der Waals surface area contributed by atoms with Gasteiger partial charge >= 0.3 is 0 Å². The van der Waals surface area contributed by atoms with Gasteiger partial charge in [0.25, 0.3) is 0 Å². The molecule has 1 atom stereocenters. The Hall–Kier alpha value is -0.830. The van der Waals surface area contributed by atoms with Gasteiger partial charge in [-0.15, -0.1) is 0 Å². The van der Waals surface area contributed by atoms with Crippen molar-refractivity contribution in [2.24, 2.45) is 0 Å². The van der Waals surface area contributed by atoms with E-state index in [1.165, 1.54) is 19.1 Å². The predicted molar refractivity (Wildman–Crippen MR) is 80.1 cm³/mol. The highest BCUT2D eigenvalue weighted by Gasteiger charge is 2.21. The Kier molecular flexibility index (Phi) is 5.07. The Morgan fingerprint density at radius 1 is 1.30 bits per heavy atom. The van der Waals surface area contributed by atoms with Gasteiger partial charge in [-0.3, -0.25) is 0 Å². The summed E-state index contributed by atoms with van der Waals surface area (Å²) in [5, 5.41) is 0.299. The molecule has 0 bridgehead atoms. The molecular weight excluding hydrogens is 324 g/mol. The van der Waals surface area contributed by atoms with Gasteiger partial charge in [0.2, 0.25) is 10.0 Å². The number of halogens is 1. The summed E-state index contributed by atoms with van der Waals surface area (Å²) in [4.78, 5) is -0.0442. The molecule has 0 amide bonds. The molecular formula is C11H17ClN2O4S2. The van der Waals surface area contributed by atoms with Crippen LogP contribution in [0.15, 0.2) is 17.0 Å². The summed E-state index contributed by atoms with van der Waals surface area (Å²) in [7, 11) is -7.12. The average Bonchev–Trinajstić information content (AvgIpc) is 2.21. The van der Waals surface area contributed by atoms with E-state index in [1.54, 1.807) is 6.92 Å². The number of sulfonamides is 1. The van der Waals surface area contributed by atoms with Crippen molar-refractivity contribution in [3.8, 4) is 0 Å². The number of aryl methyl sites for hydroxylation is 1. The molecule has 0 aliphatic heterocycles. The van der Waals surface area contributed by atoms with Gasteiger partial charge in [0, 0.05) is 12.3 Å². The van der Waals surface area contributed by atoms with Gasteiger partial charge in [0.1, 0.15) is 9.84 Å². The molecule has 9 heteroatoms. The minimum atomic E-state index is -3.85. The van der Waals surface area contributed by atoms with E-state index in [9.17, 15) is 16.8 Å². The molecule has 6 nitrogen and oxygen atoms in total. The summed E-state index contributed by atoms with van der Waals surface area (Å²) >= 11 is 5.87. The molecule has 0 fully saturated rings. The normalized spacial score (nSPS) is 14.2. The van der Waals surface area contributed by atoms with Gasteiger partial charge in [-0.2, -0.15) is 0 Å². The third kappa shape index (κ3) is 4.62. The largest absolute Gasteiger partial charge is 0.397 e. The fourth-order valence-corrected chi connectivity index (χ4v) is 4.31. The Labute approximate surface area is 124 Å². The van der Waals surface area contributed by atoms with Gasteiger partial charge in [-0.05, 0) is 31.5 Å². The summed E-state index contributed by atoms with van der Waals surface area (Å²) in [6, 6.07) is 1.88. The molecule has 0 aromatic heterocycles. The standard InChI is InChI=1S/C11H17ClN2O4S2/c1-7-4-9(5-10(13)11(7)12)20(17,18)14-8(2)6-19(3,15)16/h4-5,8,14H,6,13H2,1-3H3. The van der Waals surface area contributed by atoms with Crippen LogP contribution in [-0.2, 0) is 19.9 Å². The van der Waals surface area contributed by atoms with E-state index in [0.717, 1.165) is 6.26 Å². The maximum atomic E-state index is 12.1. The predicted octanol–water partition coefficient (Wildman–Crippen LogP) is 0.942. The van der Waals surface area contributed by atoms with Gasteiger partial charge in [-0.25, -0.2) is 21.6 Å². The van der Waals surface area contributed by atoms with Crippen molar-refractivity contribution >= 4 is 37.1 Å². The first-order chi connectivity index (χ1) is 8.92. The third-order valence-corrected chi connectivity index (χ3v) is 5.67. The lowest BCUT2D eigenvalue weighted by Gasteiger charge is -2.14. The Bertz CT molecular complexity index is 691. The molecule has 1 rings (SSSR count). The van der Waals surface area contributed by atoms with Crippen LogP contribution in [0.25, 0.3) is 0 Å².